The van der Waals surface area contributed by atoms with Crippen LogP contribution in [-0.2, 0) is 11.3 Å². The van der Waals surface area contributed by atoms with Crippen LogP contribution in [0.3, 0.4) is 0 Å². The number of hydrogen-bond acceptors (Lipinski definition) is 5. The normalized spacial score (nSPS) is 22.3. The van der Waals surface area contributed by atoms with Crippen molar-refractivity contribution < 1.29 is 4.52 Å². The summed E-state index contributed by atoms with van der Waals surface area (Å²) in [6, 6.07) is 7.76. The molecular formula is C14H16ClN3OS. The first-order chi connectivity index (χ1) is 9.66. The van der Waals surface area contributed by atoms with Crippen LogP contribution in [-0.4, -0.2) is 16.7 Å². The lowest BCUT2D eigenvalue weighted by Gasteiger charge is -2.18. The van der Waals surface area contributed by atoms with Crippen LogP contribution in [0.15, 0.2) is 33.7 Å². The first-order valence-electron chi connectivity index (χ1n) is 6.62. The lowest BCUT2D eigenvalue weighted by Crippen LogP contribution is -2.33. The van der Waals surface area contributed by atoms with Gasteiger partial charge in [0.15, 0.2) is 5.82 Å². The molecule has 106 valence electrons. The van der Waals surface area contributed by atoms with Gasteiger partial charge in [-0.25, -0.2) is 0 Å². The number of nitrogens with zero attached hydrogens (tertiary/aromatic N) is 2. The molecule has 1 saturated heterocycles. The molecule has 3 rings (SSSR count). The van der Waals surface area contributed by atoms with Gasteiger partial charge in [-0.15, -0.1) is 11.8 Å². The SMILES string of the molecule is CC1(c2nc(CSc3ccc(Cl)cc3)no2)CCCN1. The average molecular weight is 310 g/mol. The Morgan fingerprint density at radius 1 is 1.40 bits per heavy atom. The first-order valence-corrected chi connectivity index (χ1v) is 7.98. The Balaban J connectivity index is 1.64. The second-order valence-corrected chi connectivity index (χ2v) is 6.61. The predicted octanol–water partition coefficient (Wildman–Crippen LogP) is 3.61. The Labute approximate surface area is 127 Å². The van der Waals surface area contributed by atoms with Gasteiger partial charge < -0.3 is 9.84 Å². The summed E-state index contributed by atoms with van der Waals surface area (Å²) in [5.41, 5.74) is -0.157. The summed E-state index contributed by atoms with van der Waals surface area (Å²) in [7, 11) is 0. The highest BCUT2D eigenvalue weighted by molar-refractivity contribution is 7.98. The van der Waals surface area contributed by atoms with Crippen LogP contribution in [0.2, 0.25) is 5.02 Å². The van der Waals surface area contributed by atoms with Gasteiger partial charge in [0.1, 0.15) is 0 Å². The molecule has 2 heterocycles. The standard InChI is InChI=1S/C14H16ClN3OS/c1-14(7-2-8-16-14)13-17-12(18-19-13)9-20-11-5-3-10(15)4-6-11/h3-6,16H,2,7-9H2,1H3. The Hall–Kier alpha value is -1.04. The summed E-state index contributed by atoms with van der Waals surface area (Å²) in [4.78, 5) is 5.65. The van der Waals surface area contributed by atoms with E-state index in [-0.39, 0.29) is 5.54 Å². The Kier molecular flexibility index (Phi) is 4.01. The van der Waals surface area contributed by atoms with Crippen LogP contribution < -0.4 is 5.32 Å². The second-order valence-electron chi connectivity index (χ2n) is 5.12. The van der Waals surface area contributed by atoms with Gasteiger partial charge in [0, 0.05) is 9.92 Å². The summed E-state index contributed by atoms with van der Waals surface area (Å²) >= 11 is 7.54. The number of thioether (sulfide) groups is 1. The maximum absolute atomic E-state index is 5.86. The van der Waals surface area contributed by atoms with Gasteiger partial charge in [-0.05, 0) is 50.6 Å². The number of hydrogen-bond donors (Lipinski definition) is 1. The van der Waals surface area contributed by atoms with Gasteiger partial charge in [0.2, 0.25) is 5.89 Å². The van der Waals surface area contributed by atoms with Crippen LogP contribution >= 0.6 is 23.4 Å². The molecule has 0 spiro atoms. The molecule has 2 aromatic rings. The van der Waals surface area contributed by atoms with Gasteiger partial charge in [-0.3, -0.25) is 0 Å². The van der Waals surface area contributed by atoms with Crippen molar-refractivity contribution in [2.45, 2.75) is 36.0 Å². The van der Waals surface area contributed by atoms with Crippen molar-refractivity contribution in [3.05, 3.63) is 41.0 Å². The minimum atomic E-state index is -0.157. The fourth-order valence-electron chi connectivity index (χ4n) is 2.29. The van der Waals surface area contributed by atoms with Crippen molar-refractivity contribution in [1.29, 1.82) is 0 Å². The van der Waals surface area contributed by atoms with E-state index >= 15 is 0 Å². The molecular weight excluding hydrogens is 294 g/mol. The van der Waals surface area contributed by atoms with E-state index < -0.39 is 0 Å². The van der Waals surface area contributed by atoms with E-state index in [9.17, 15) is 0 Å². The number of halogens is 1. The highest BCUT2D eigenvalue weighted by Gasteiger charge is 2.35. The summed E-state index contributed by atoms with van der Waals surface area (Å²) in [5, 5.41) is 8.24. The van der Waals surface area contributed by atoms with E-state index in [1.165, 1.54) is 0 Å². The van der Waals surface area contributed by atoms with Gasteiger partial charge in [-0.1, -0.05) is 16.8 Å². The number of nitrogens with one attached hydrogen (secondary N) is 1. The van der Waals surface area contributed by atoms with Crippen LogP contribution in [0.4, 0.5) is 0 Å². The molecule has 1 aromatic heterocycles. The zero-order chi connectivity index (χ0) is 14.0. The second kappa shape index (κ2) is 5.76. The summed E-state index contributed by atoms with van der Waals surface area (Å²) in [6.07, 6.45) is 2.19. The lowest BCUT2D eigenvalue weighted by molar-refractivity contribution is 0.274. The molecule has 0 radical (unpaired) electrons. The first kappa shape index (κ1) is 13.9. The van der Waals surface area contributed by atoms with Crippen LogP contribution in [0.25, 0.3) is 0 Å². The minimum Gasteiger partial charge on any atom is -0.337 e. The molecule has 1 fully saturated rings. The number of aromatic nitrogens is 2. The molecule has 0 amide bonds. The molecule has 4 nitrogen and oxygen atoms in total. The molecule has 0 saturated carbocycles. The average Bonchev–Trinajstić information content (AvgIpc) is 3.08. The van der Waals surface area contributed by atoms with Crippen molar-refractivity contribution in [2.75, 3.05) is 6.54 Å². The fraction of sp³-hybridized carbons (Fsp3) is 0.429. The highest BCUT2D eigenvalue weighted by Crippen LogP contribution is 2.30. The van der Waals surface area contributed by atoms with Gasteiger partial charge in [0.25, 0.3) is 0 Å². The Morgan fingerprint density at radius 2 is 2.20 bits per heavy atom. The van der Waals surface area contributed by atoms with Gasteiger partial charge in [0.05, 0.1) is 11.3 Å². The van der Waals surface area contributed by atoms with Gasteiger partial charge in [-0.2, -0.15) is 4.98 Å². The molecule has 0 bridgehead atoms. The topological polar surface area (TPSA) is 51.0 Å². The summed E-state index contributed by atoms with van der Waals surface area (Å²) in [6.45, 7) is 3.12. The van der Waals surface area contributed by atoms with Crippen molar-refractivity contribution in [3.8, 4) is 0 Å². The highest BCUT2D eigenvalue weighted by atomic mass is 35.5. The van der Waals surface area contributed by atoms with E-state index in [0.717, 1.165) is 35.1 Å². The quantitative estimate of drug-likeness (QED) is 0.874. The summed E-state index contributed by atoms with van der Waals surface area (Å²) < 4.78 is 5.40. The molecule has 1 unspecified atom stereocenters. The predicted molar refractivity (Wildman–Crippen MR) is 79.9 cm³/mol. The minimum absolute atomic E-state index is 0.157. The number of rotatable bonds is 4. The van der Waals surface area contributed by atoms with Crippen LogP contribution in [0, 0.1) is 0 Å². The van der Waals surface area contributed by atoms with E-state index in [4.69, 9.17) is 16.1 Å². The summed E-state index contributed by atoms with van der Waals surface area (Å²) in [5.74, 6) is 2.12. The Bertz CT molecular complexity index is 578. The van der Waals surface area contributed by atoms with Crippen LogP contribution in [0.1, 0.15) is 31.5 Å². The Morgan fingerprint density at radius 3 is 2.90 bits per heavy atom. The maximum Gasteiger partial charge on any atom is 0.246 e. The van der Waals surface area contributed by atoms with E-state index in [0.29, 0.717) is 11.6 Å². The smallest absolute Gasteiger partial charge is 0.246 e. The van der Waals surface area contributed by atoms with E-state index in [1.54, 1.807) is 11.8 Å². The third-order valence-electron chi connectivity index (χ3n) is 3.49. The molecule has 6 heteroatoms. The van der Waals surface area contributed by atoms with Gasteiger partial charge >= 0.3 is 0 Å². The zero-order valence-electron chi connectivity index (χ0n) is 11.2. The molecule has 1 aliphatic heterocycles. The van der Waals surface area contributed by atoms with Crippen molar-refractivity contribution >= 4 is 23.4 Å². The van der Waals surface area contributed by atoms with Crippen LogP contribution in [0.5, 0.6) is 0 Å². The molecule has 1 aliphatic rings. The van der Waals surface area contributed by atoms with Crippen molar-refractivity contribution in [2.24, 2.45) is 0 Å². The number of benzene rings is 1. The molecule has 1 aromatic carbocycles. The van der Waals surface area contributed by atoms with E-state index in [2.05, 4.69) is 22.4 Å². The lowest BCUT2D eigenvalue weighted by atomic mass is 10.0. The van der Waals surface area contributed by atoms with Crippen molar-refractivity contribution in [1.82, 2.24) is 15.5 Å². The molecule has 20 heavy (non-hydrogen) atoms. The monoisotopic (exact) mass is 309 g/mol. The van der Waals surface area contributed by atoms with Crippen molar-refractivity contribution in [3.63, 3.8) is 0 Å². The fourth-order valence-corrected chi connectivity index (χ4v) is 3.16. The van der Waals surface area contributed by atoms with E-state index in [1.807, 2.05) is 24.3 Å². The third kappa shape index (κ3) is 3.00. The largest absolute Gasteiger partial charge is 0.337 e. The molecule has 1 N–H and O–H groups in total. The molecule has 1 atom stereocenters. The zero-order valence-corrected chi connectivity index (χ0v) is 12.8. The molecule has 0 aliphatic carbocycles. The maximum atomic E-state index is 5.86. The third-order valence-corrected chi connectivity index (χ3v) is 4.75.